The van der Waals surface area contributed by atoms with E-state index in [0.717, 1.165) is 25.7 Å². The van der Waals surface area contributed by atoms with E-state index in [0.29, 0.717) is 22.6 Å². The van der Waals surface area contributed by atoms with Crippen molar-refractivity contribution in [1.82, 2.24) is 9.78 Å². The first-order valence-corrected chi connectivity index (χ1v) is 9.14. The predicted molar refractivity (Wildman–Crippen MR) is 95.1 cm³/mol. The number of halogens is 1. The fourth-order valence-corrected chi connectivity index (χ4v) is 4.34. The molecule has 0 radical (unpaired) electrons. The molecule has 4 rings (SSSR count). The summed E-state index contributed by atoms with van der Waals surface area (Å²) in [5, 5.41) is 4.48. The van der Waals surface area contributed by atoms with Gasteiger partial charge in [0.1, 0.15) is 5.82 Å². The van der Waals surface area contributed by atoms with E-state index in [1.54, 1.807) is 29.8 Å². The molecule has 2 atom stereocenters. The molecule has 1 aliphatic heterocycles. The number of hydrogen-bond donors (Lipinski definition) is 0. The molecule has 0 spiro atoms. The molecule has 1 aromatic carbocycles. The molecule has 136 valence electrons. The second kappa shape index (κ2) is 6.34. The second-order valence-electron chi connectivity index (χ2n) is 7.28. The van der Waals surface area contributed by atoms with Gasteiger partial charge in [0.15, 0.2) is 0 Å². The summed E-state index contributed by atoms with van der Waals surface area (Å²) in [6.45, 7) is 3.89. The van der Waals surface area contributed by atoms with Crippen molar-refractivity contribution in [1.29, 1.82) is 0 Å². The molecule has 2 aromatic rings. The fraction of sp³-hybridized carbons (Fsp3) is 0.450. The van der Waals surface area contributed by atoms with Gasteiger partial charge in [0.2, 0.25) is 11.8 Å². The molecular weight excluding hydrogens is 333 g/mol. The average Bonchev–Trinajstić information content (AvgIpc) is 3.04. The summed E-state index contributed by atoms with van der Waals surface area (Å²) in [6.07, 6.45) is 3.57. The lowest BCUT2D eigenvalue weighted by molar-refractivity contribution is -0.122. The number of rotatable bonds is 3. The summed E-state index contributed by atoms with van der Waals surface area (Å²) < 4.78 is 15.7. The van der Waals surface area contributed by atoms with Crippen LogP contribution in [0.15, 0.2) is 24.3 Å². The largest absolute Gasteiger partial charge is 0.274 e. The van der Waals surface area contributed by atoms with Crippen molar-refractivity contribution in [2.75, 3.05) is 4.90 Å². The summed E-state index contributed by atoms with van der Waals surface area (Å²) in [6, 6.07) is 6.56. The third-order valence-corrected chi connectivity index (χ3v) is 5.69. The van der Waals surface area contributed by atoms with Crippen LogP contribution in [0.5, 0.6) is 0 Å². The van der Waals surface area contributed by atoms with Gasteiger partial charge in [-0.3, -0.25) is 14.3 Å². The average molecular weight is 355 g/mol. The van der Waals surface area contributed by atoms with Crippen LogP contribution in [0.4, 0.5) is 10.1 Å². The first-order valence-electron chi connectivity index (χ1n) is 9.14. The summed E-state index contributed by atoms with van der Waals surface area (Å²) in [5.74, 6) is -0.872. The van der Waals surface area contributed by atoms with Crippen LogP contribution in [-0.2, 0) is 16.1 Å². The van der Waals surface area contributed by atoms with E-state index in [1.165, 1.54) is 11.0 Å². The number of aryl methyl sites for hydroxylation is 1. The molecule has 1 aromatic heterocycles. The zero-order chi connectivity index (χ0) is 18.4. The van der Waals surface area contributed by atoms with Gasteiger partial charge in [0.25, 0.3) is 0 Å². The van der Waals surface area contributed by atoms with Crippen molar-refractivity contribution in [2.45, 2.75) is 46.1 Å². The summed E-state index contributed by atoms with van der Waals surface area (Å²) in [7, 11) is 0. The molecule has 0 bridgehead atoms. The van der Waals surface area contributed by atoms with Gasteiger partial charge in [-0.1, -0.05) is 31.0 Å². The van der Waals surface area contributed by atoms with Crippen molar-refractivity contribution >= 4 is 17.5 Å². The topological polar surface area (TPSA) is 55.2 Å². The summed E-state index contributed by atoms with van der Waals surface area (Å²) in [5.41, 5.74) is 2.44. The maximum Gasteiger partial charge on any atom is 0.237 e. The Morgan fingerprint density at radius 2 is 1.69 bits per heavy atom. The SMILES string of the molecule is Cc1nn(Cc2ccccc2F)c(C)c1N1C(=O)C2CCCCC2C1=O. The molecule has 2 amide bonds. The second-order valence-corrected chi connectivity index (χ2v) is 7.28. The van der Waals surface area contributed by atoms with Gasteiger partial charge >= 0.3 is 0 Å². The summed E-state index contributed by atoms with van der Waals surface area (Å²) >= 11 is 0. The third-order valence-electron chi connectivity index (χ3n) is 5.69. The zero-order valence-corrected chi connectivity index (χ0v) is 15.0. The monoisotopic (exact) mass is 355 g/mol. The smallest absolute Gasteiger partial charge is 0.237 e. The van der Waals surface area contributed by atoms with Crippen LogP contribution >= 0.6 is 0 Å². The quantitative estimate of drug-likeness (QED) is 0.793. The van der Waals surface area contributed by atoms with Gasteiger partial charge in [-0.15, -0.1) is 0 Å². The minimum Gasteiger partial charge on any atom is -0.274 e. The molecule has 0 N–H and O–H groups in total. The van der Waals surface area contributed by atoms with E-state index >= 15 is 0 Å². The van der Waals surface area contributed by atoms with Crippen LogP contribution in [0.2, 0.25) is 0 Å². The standard InChI is InChI=1S/C20H22FN3O2/c1-12-18(24-19(25)15-8-4-5-9-16(15)20(24)26)13(2)23(22-12)11-14-7-3-6-10-17(14)21/h3,6-7,10,15-16H,4-5,8-9,11H2,1-2H3. The molecule has 2 aliphatic rings. The third kappa shape index (κ3) is 2.55. The number of nitrogens with zero attached hydrogens (tertiary/aromatic N) is 3. The Hall–Kier alpha value is -2.50. The lowest BCUT2D eigenvalue weighted by Gasteiger charge is -2.19. The summed E-state index contributed by atoms with van der Waals surface area (Å²) in [4.78, 5) is 27.1. The van der Waals surface area contributed by atoms with Crippen molar-refractivity contribution in [3.8, 4) is 0 Å². The molecule has 6 heteroatoms. The Balaban J connectivity index is 1.70. The molecule has 5 nitrogen and oxygen atoms in total. The highest BCUT2D eigenvalue weighted by atomic mass is 19.1. The van der Waals surface area contributed by atoms with Crippen LogP contribution in [0.25, 0.3) is 0 Å². The van der Waals surface area contributed by atoms with E-state index in [-0.39, 0.29) is 36.0 Å². The number of fused-ring (bicyclic) bond motifs is 1. The van der Waals surface area contributed by atoms with E-state index in [2.05, 4.69) is 5.10 Å². The first-order chi connectivity index (χ1) is 12.5. The lowest BCUT2D eigenvalue weighted by Crippen LogP contribution is -2.31. The Morgan fingerprint density at radius 3 is 2.31 bits per heavy atom. The van der Waals surface area contributed by atoms with Gasteiger partial charge in [-0.2, -0.15) is 5.10 Å². The van der Waals surface area contributed by atoms with Crippen LogP contribution < -0.4 is 4.90 Å². The molecule has 26 heavy (non-hydrogen) atoms. The Bertz CT molecular complexity index is 865. The molecule has 2 unspecified atom stereocenters. The van der Waals surface area contributed by atoms with Crippen LogP contribution in [-0.4, -0.2) is 21.6 Å². The van der Waals surface area contributed by atoms with Crippen molar-refractivity contribution in [3.63, 3.8) is 0 Å². The number of hydrogen-bond acceptors (Lipinski definition) is 3. The molecule has 1 saturated heterocycles. The predicted octanol–water partition coefficient (Wildman–Crippen LogP) is 3.37. The van der Waals surface area contributed by atoms with Gasteiger partial charge in [0, 0.05) is 5.56 Å². The highest BCUT2D eigenvalue weighted by molar-refractivity contribution is 6.22. The van der Waals surface area contributed by atoms with E-state index in [9.17, 15) is 14.0 Å². The molecule has 1 saturated carbocycles. The zero-order valence-electron chi connectivity index (χ0n) is 15.0. The van der Waals surface area contributed by atoms with E-state index in [4.69, 9.17) is 0 Å². The Kier molecular flexibility index (Phi) is 4.13. The van der Waals surface area contributed by atoms with Crippen molar-refractivity contribution in [3.05, 3.63) is 47.0 Å². The number of carbonyl (C=O) groups excluding carboxylic acids is 2. The minimum atomic E-state index is -0.291. The number of amides is 2. The van der Waals surface area contributed by atoms with E-state index in [1.807, 2.05) is 6.92 Å². The first kappa shape index (κ1) is 16.9. The lowest BCUT2D eigenvalue weighted by atomic mass is 9.81. The number of benzene rings is 1. The minimum absolute atomic E-state index is 0.101. The van der Waals surface area contributed by atoms with Crippen LogP contribution in [0.1, 0.15) is 42.6 Å². The van der Waals surface area contributed by atoms with Gasteiger partial charge in [-0.25, -0.2) is 9.29 Å². The molecular formula is C20H22FN3O2. The Morgan fingerprint density at radius 1 is 1.08 bits per heavy atom. The highest BCUT2D eigenvalue weighted by Gasteiger charge is 2.50. The van der Waals surface area contributed by atoms with Gasteiger partial charge in [-0.05, 0) is 32.8 Å². The molecule has 2 heterocycles. The fourth-order valence-electron chi connectivity index (χ4n) is 4.34. The number of imide groups is 1. The van der Waals surface area contributed by atoms with Crippen LogP contribution in [0.3, 0.4) is 0 Å². The number of carbonyl (C=O) groups is 2. The van der Waals surface area contributed by atoms with Crippen molar-refractivity contribution in [2.24, 2.45) is 11.8 Å². The Labute approximate surface area is 151 Å². The van der Waals surface area contributed by atoms with Gasteiger partial charge in [0.05, 0.1) is 35.5 Å². The maximum absolute atomic E-state index is 14.0. The highest BCUT2D eigenvalue weighted by Crippen LogP contribution is 2.41. The molecule has 2 fully saturated rings. The maximum atomic E-state index is 14.0. The van der Waals surface area contributed by atoms with Crippen LogP contribution in [0, 0.1) is 31.5 Å². The molecule has 1 aliphatic carbocycles. The van der Waals surface area contributed by atoms with Crippen molar-refractivity contribution < 1.29 is 14.0 Å². The van der Waals surface area contributed by atoms with Gasteiger partial charge < -0.3 is 0 Å². The van der Waals surface area contributed by atoms with E-state index < -0.39 is 0 Å². The normalized spacial score (nSPS) is 22.8. The number of aromatic nitrogens is 2. The number of anilines is 1.